The van der Waals surface area contributed by atoms with Gasteiger partial charge in [-0.05, 0) is 80.1 Å². The lowest BCUT2D eigenvalue weighted by Gasteiger charge is -2.32. The van der Waals surface area contributed by atoms with E-state index in [4.69, 9.17) is 38.4 Å². The van der Waals surface area contributed by atoms with Crippen molar-refractivity contribution in [1.82, 2.24) is 0 Å². The van der Waals surface area contributed by atoms with Gasteiger partial charge in [-0.1, -0.05) is 53.0 Å². The molecule has 0 saturated carbocycles. The van der Waals surface area contributed by atoms with Crippen LogP contribution >= 0.6 is 23.2 Å². The summed E-state index contributed by atoms with van der Waals surface area (Å²) in [4.78, 5) is 15.3. The smallest absolute Gasteiger partial charge is 0.231 e. The Hall–Kier alpha value is -2.73. The molecule has 0 bridgehead atoms. The molecule has 1 atom stereocenters. The molecule has 2 N–H and O–H groups in total. The highest BCUT2D eigenvalue weighted by molar-refractivity contribution is 6.37. The number of fused-ring (bicyclic) bond motifs is 1. The van der Waals surface area contributed by atoms with Crippen molar-refractivity contribution in [1.29, 1.82) is 0 Å². The second kappa shape index (κ2) is 12.0. The first-order chi connectivity index (χ1) is 17.4. The van der Waals surface area contributed by atoms with E-state index in [0.29, 0.717) is 42.0 Å². The summed E-state index contributed by atoms with van der Waals surface area (Å²) in [5, 5.41) is 0.966. The van der Waals surface area contributed by atoms with Crippen molar-refractivity contribution < 1.29 is 14.3 Å². The lowest BCUT2D eigenvalue weighted by molar-refractivity contribution is -0.122. The summed E-state index contributed by atoms with van der Waals surface area (Å²) in [5.41, 5.74) is 11.6. The monoisotopic (exact) mass is 526 g/mol. The fourth-order valence-electron chi connectivity index (χ4n) is 4.58. The maximum atomic E-state index is 13.4. The summed E-state index contributed by atoms with van der Waals surface area (Å²) in [6, 6.07) is 17.7. The van der Waals surface area contributed by atoms with E-state index < -0.39 is 0 Å². The summed E-state index contributed by atoms with van der Waals surface area (Å²) in [5.74, 6) is 1.00. The fraction of sp³-hybridized carbons (Fsp3) is 0.345. The topological polar surface area (TPSA) is 64.8 Å². The molecule has 0 fully saturated rings. The molecule has 190 valence electrons. The van der Waals surface area contributed by atoms with Crippen LogP contribution in [0.4, 0.5) is 5.69 Å². The van der Waals surface area contributed by atoms with E-state index in [0.717, 1.165) is 42.0 Å². The first-order valence-electron chi connectivity index (χ1n) is 12.3. The van der Waals surface area contributed by atoms with Crippen molar-refractivity contribution in [2.45, 2.75) is 33.1 Å². The van der Waals surface area contributed by atoms with Crippen LogP contribution in [0.2, 0.25) is 10.0 Å². The zero-order chi connectivity index (χ0) is 25.7. The molecular weight excluding hydrogens is 495 g/mol. The summed E-state index contributed by atoms with van der Waals surface area (Å²) >= 11 is 12.4. The van der Waals surface area contributed by atoms with Crippen molar-refractivity contribution in [3.8, 4) is 11.5 Å². The average molecular weight is 527 g/mol. The number of aryl methyl sites for hydroxylation is 3. The number of benzene rings is 3. The second-order valence-corrected chi connectivity index (χ2v) is 10.1. The van der Waals surface area contributed by atoms with E-state index >= 15 is 0 Å². The van der Waals surface area contributed by atoms with Gasteiger partial charge < -0.3 is 20.1 Å². The second-order valence-electron chi connectivity index (χ2n) is 9.26. The van der Waals surface area contributed by atoms with Gasteiger partial charge in [0.05, 0.1) is 16.0 Å². The molecule has 1 aliphatic heterocycles. The third kappa shape index (κ3) is 6.33. The van der Waals surface area contributed by atoms with Gasteiger partial charge in [0.25, 0.3) is 0 Å². The number of carbonyl (C=O) groups excluding carboxylic acids is 1. The number of carbonyl (C=O) groups is 1. The molecule has 5 nitrogen and oxygen atoms in total. The minimum absolute atomic E-state index is 0.0909. The van der Waals surface area contributed by atoms with Crippen LogP contribution in [-0.2, 0) is 17.6 Å². The Morgan fingerprint density at radius 3 is 2.36 bits per heavy atom. The van der Waals surface area contributed by atoms with Crippen LogP contribution in [-0.4, -0.2) is 32.2 Å². The molecule has 0 radical (unpaired) electrons. The third-order valence-electron chi connectivity index (χ3n) is 6.40. The van der Waals surface area contributed by atoms with Crippen LogP contribution in [0.25, 0.3) is 0 Å². The average Bonchev–Trinajstić information content (AvgIpc) is 2.86. The van der Waals surface area contributed by atoms with Gasteiger partial charge in [-0.25, -0.2) is 0 Å². The number of nitrogens with two attached hydrogens (primary N) is 1. The fourth-order valence-corrected chi connectivity index (χ4v) is 5.29. The van der Waals surface area contributed by atoms with Gasteiger partial charge in [0.1, 0.15) is 19.0 Å². The Morgan fingerprint density at radius 2 is 1.67 bits per heavy atom. The van der Waals surface area contributed by atoms with Crippen molar-refractivity contribution in [3.63, 3.8) is 0 Å². The number of anilines is 1. The molecule has 1 amide bonds. The Balaban J connectivity index is 1.31. The molecule has 7 heteroatoms. The van der Waals surface area contributed by atoms with Gasteiger partial charge in [-0.2, -0.15) is 0 Å². The summed E-state index contributed by atoms with van der Waals surface area (Å²) in [6.07, 6.45) is 2.56. The molecule has 3 aromatic rings. The molecule has 1 heterocycles. The lowest BCUT2D eigenvalue weighted by Crippen LogP contribution is -2.42. The third-order valence-corrected chi connectivity index (χ3v) is 6.96. The van der Waals surface area contributed by atoms with Crippen molar-refractivity contribution >= 4 is 34.8 Å². The predicted molar refractivity (Wildman–Crippen MR) is 147 cm³/mol. The minimum Gasteiger partial charge on any atom is -0.490 e. The number of rotatable bonds is 9. The molecule has 36 heavy (non-hydrogen) atoms. The summed E-state index contributed by atoms with van der Waals surface area (Å²) < 4.78 is 11.5. The number of hydrogen-bond acceptors (Lipinski definition) is 4. The Kier molecular flexibility index (Phi) is 8.78. The van der Waals surface area contributed by atoms with Gasteiger partial charge in [0.2, 0.25) is 5.91 Å². The molecular formula is C29H32Cl2N2O3. The van der Waals surface area contributed by atoms with E-state index in [9.17, 15) is 4.79 Å². The van der Waals surface area contributed by atoms with Crippen LogP contribution < -0.4 is 20.1 Å². The Morgan fingerprint density at radius 1 is 0.972 bits per heavy atom. The number of amides is 1. The maximum absolute atomic E-state index is 13.4. The quantitative estimate of drug-likeness (QED) is 0.339. The minimum atomic E-state index is -0.276. The van der Waals surface area contributed by atoms with Gasteiger partial charge >= 0.3 is 0 Å². The first-order valence-corrected chi connectivity index (χ1v) is 13.0. The molecule has 1 unspecified atom stereocenters. The Labute approximate surface area is 223 Å². The maximum Gasteiger partial charge on any atom is 0.231 e. The van der Waals surface area contributed by atoms with Crippen LogP contribution in [0.1, 0.15) is 28.7 Å². The normalized spacial score (nSPS) is 13.8. The zero-order valence-corrected chi connectivity index (χ0v) is 22.2. The van der Waals surface area contributed by atoms with Crippen LogP contribution in [0.5, 0.6) is 11.5 Å². The molecule has 3 aromatic carbocycles. The van der Waals surface area contributed by atoms with Gasteiger partial charge in [0.15, 0.2) is 5.75 Å². The van der Waals surface area contributed by atoms with Gasteiger partial charge in [0, 0.05) is 18.8 Å². The molecule has 0 saturated heterocycles. The highest BCUT2D eigenvalue weighted by Gasteiger charge is 2.28. The van der Waals surface area contributed by atoms with Crippen molar-refractivity contribution in [2.24, 2.45) is 11.7 Å². The van der Waals surface area contributed by atoms with E-state index in [1.165, 1.54) is 11.1 Å². The van der Waals surface area contributed by atoms with E-state index in [-0.39, 0.29) is 11.8 Å². The highest BCUT2D eigenvalue weighted by Crippen LogP contribution is 2.34. The highest BCUT2D eigenvalue weighted by atomic mass is 35.5. The summed E-state index contributed by atoms with van der Waals surface area (Å²) in [7, 11) is 0. The number of hydrogen-bond donors (Lipinski definition) is 1. The van der Waals surface area contributed by atoms with Gasteiger partial charge in [-0.3, -0.25) is 4.79 Å². The van der Waals surface area contributed by atoms with Crippen molar-refractivity contribution in [2.75, 3.05) is 31.2 Å². The van der Waals surface area contributed by atoms with Crippen LogP contribution in [0.15, 0.2) is 54.6 Å². The number of ether oxygens (including phenoxy) is 2. The van der Waals surface area contributed by atoms with E-state index in [2.05, 4.69) is 25.1 Å². The van der Waals surface area contributed by atoms with E-state index in [1.807, 2.05) is 48.2 Å². The molecule has 1 aliphatic rings. The first kappa shape index (κ1) is 26.3. The van der Waals surface area contributed by atoms with Crippen LogP contribution in [0.3, 0.4) is 0 Å². The Bertz CT molecular complexity index is 1190. The number of halogens is 2. The number of nitrogens with zero attached hydrogens (tertiary/aromatic N) is 1. The molecule has 4 rings (SSSR count). The summed E-state index contributed by atoms with van der Waals surface area (Å²) in [6.45, 7) is 5.70. The van der Waals surface area contributed by atoms with E-state index in [1.54, 1.807) is 0 Å². The lowest BCUT2D eigenvalue weighted by atomic mass is 9.94. The van der Waals surface area contributed by atoms with Crippen molar-refractivity contribution in [3.05, 3.63) is 86.9 Å². The van der Waals surface area contributed by atoms with Crippen LogP contribution in [0, 0.1) is 19.8 Å². The van der Waals surface area contributed by atoms with Gasteiger partial charge in [-0.15, -0.1) is 0 Å². The zero-order valence-electron chi connectivity index (χ0n) is 20.7. The molecule has 0 aromatic heterocycles. The molecule has 0 spiro atoms. The molecule has 0 aliphatic carbocycles. The predicted octanol–water partition coefficient (Wildman–Crippen LogP) is 6.16. The largest absolute Gasteiger partial charge is 0.490 e. The SMILES string of the molecule is Cc1cc(Cl)c(OCCOc2ccc(CC(CN)C(=O)N3CCCc4cc(C)ccc43)cc2)c(Cl)c1. The standard InChI is InChI=1S/C29H32Cl2N2O3/c1-19-5-10-27-22(14-19)4-3-11-33(27)29(34)23(18-32)17-21-6-8-24(9-7-21)35-12-13-36-28-25(30)15-20(2)16-26(28)31/h5-10,14-16,23H,3-4,11-13,17-18,32H2,1-2H3.